The van der Waals surface area contributed by atoms with Crippen molar-refractivity contribution < 1.29 is 5.11 Å². The summed E-state index contributed by atoms with van der Waals surface area (Å²) in [4.78, 5) is 0.646. The lowest BCUT2D eigenvalue weighted by Gasteiger charge is -2.40. The second kappa shape index (κ2) is 2.92. The van der Waals surface area contributed by atoms with Gasteiger partial charge in [-0.3, -0.25) is 0 Å². The maximum Gasteiger partial charge on any atom is 0.0966 e. The summed E-state index contributed by atoms with van der Waals surface area (Å²) in [6, 6.07) is 10.6. The van der Waals surface area contributed by atoms with Crippen molar-refractivity contribution in [1.29, 1.82) is 0 Å². The van der Waals surface area contributed by atoms with E-state index in [0.29, 0.717) is 22.1 Å². The standard InChI is InChI=1S/C18H19BrO/c1-17-13-10-7-9-11(12(10)16(17)19)15(17)18(20,14(9)13)8-5-3-2-4-6-8/h2-6,9-16,20H,7H2,1H3/t9-,10+,11-,12+,13-,14+,15-,16+,17-,18-/m0/s1. The van der Waals surface area contributed by atoms with Crippen molar-refractivity contribution in [2.75, 3.05) is 0 Å². The first-order valence-electron chi connectivity index (χ1n) is 8.03. The van der Waals surface area contributed by atoms with E-state index in [-0.39, 0.29) is 0 Å². The first kappa shape index (κ1) is 11.3. The third kappa shape index (κ3) is 0.772. The van der Waals surface area contributed by atoms with Gasteiger partial charge in [0.05, 0.1) is 5.60 Å². The van der Waals surface area contributed by atoms with Crippen LogP contribution in [-0.2, 0) is 5.60 Å². The Hall–Kier alpha value is -0.340. The van der Waals surface area contributed by atoms with Gasteiger partial charge in [-0.25, -0.2) is 0 Å². The fraction of sp³-hybridized carbons (Fsp3) is 0.667. The van der Waals surface area contributed by atoms with Crippen molar-refractivity contribution >= 4 is 15.9 Å². The van der Waals surface area contributed by atoms with E-state index in [9.17, 15) is 5.11 Å². The molecule has 1 aromatic rings. The second-order valence-electron chi connectivity index (χ2n) is 8.21. The van der Waals surface area contributed by atoms with E-state index in [2.05, 4.69) is 53.2 Å². The van der Waals surface area contributed by atoms with Crippen LogP contribution in [0.2, 0.25) is 0 Å². The molecule has 0 spiro atoms. The van der Waals surface area contributed by atoms with Gasteiger partial charge >= 0.3 is 0 Å². The molecular weight excluding hydrogens is 312 g/mol. The van der Waals surface area contributed by atoms with Crippen molar-refractivity contribution in [3.05, 3.63) is 35.9 Å². The van der Waals surface area contributed by atoms with Gasteiger partial charge < -0.3 is 5.11 Å². The largest absolute Gasteiger partial charge is 0.385 e. The molecule has 2 heteroatoms. The van der Waals surface area contributed by atoms with E-state index in [1.807, 2.05) is 0 Å². The first-order chi connectivity index (χ1) is 9.61. The van der Waals surface area contributed by atoms with E-state index >= 15 is 0 Å². The van der Waals surface area contributed by atoms with Crippen molar-refractivity contribution in [2.45, 2.75) is 23.8 Å². The summed E-state index contributed by atoms with van der Waals surface area (Å²) in [7, 11) is 0. The van der Waals surface area contributed by atoms with Crippen LogP contribution in [0.15, 0.2) is 30.3 Å². The molecule has 7 rings (SSSR count). The van der Waals surface area contributed by atoms with Gasteiger partial charge in [0.15, 0.2) is 0 Å². The van der Waals surface area contributed by atoms with Crippen LogP contribution in [-0.4, -0.2) is 9.93 Å². The van der Waals surface area contributed by atoms with E-state index in [0.717, 1.165) is 29.6 Å². The highest BCUT2D eigenvalue weighted by molar-refractivity contribution is 9.09. The van der Waals surface area contributed by atoms with Crippen LogP contribution in [0, 0.1) is 46.8 Å². The quantitative estimate of drug-likeness (QED) is 0.782. The SMILES string of the molecule is C[C@@]12[C@H]3[C@@H]4C[C@H]5[C@@H]([C@@H]4[C@H]1Br)[C@@H]2[C@](O)(c1ccccc1)[C@H]53. The highest BCUT2D eigenvalue weighted by Crippen LogP contribution is 2.91. The maximum atomic E-state index is 11.8. The Morgan fingerprint density at radius 3 is 2.50 bits per heavy atom. The number of halogens is 1. The van der Waals surface area contributed by atoms with Crippen LogP contribution in [0.3, 0.4) is 0 Å². The van der Waals surface area contributed by atoms with Crippen molar-refractivity contribution in [2.24, 2.45) is 46.8 Å². The summed E-state index contributed by atoms with van der Waals surface area (Å²) < 4.78 is 0. The molecule has 1 aromatic carbocycles. The van der Waals surface area contributed by atoms with Gasteiger partial charge in [0.1, 0.15) is 0 Å². The van der Waals surface area contributed by atoms with Crippen molar-refractivity contribution in [3.8, 4) is 0 Å². The van der Waals surface area contributed by atoms with Gasteiger partial charge in [-0.2, -0.15) is 0 Å². The number of aliphatic hydroxyl groups is 1. The molecule has 0 unspecified atom stereocenters. The summed E-state index contributed by atoms with van der Waals surface area (Å²) in [5.41, 5.74) is 0.990. The molecule has 0 heterocycles. The molecule has 0 amide bonds. The minimum Gasteiger partial charge on any atom is -0.385 e. The van der Waals surface area contributed by atoms with Crippen LogP contribution >= 0.6 is 15.9 Å². The molecule has 6 fully saturated rings. The predicted molar refractivity (Wildman–Crippen MR) is 80.2 cm³/mol. The van der Waals surface area contributed by atoms with Crippen LogP contribution in [0.5, 0.6) is 0 Å². The van der Waals surface area contributed by atoms with Crippen LogP contribution in [0.4, 0.5) is 0 Å². The zero-order valence-electron chi connectivity index (χ0n) is 11.5. The molecule has 6 bridgehead atoms. The van der Waals surface area contributed by atoms with E-state index in [4.69, 9.17) is 0 Å². The molecule has 0 saturated heterocycles. The highest BCUT2D eigenvalue weighted by atomic mass is 79.9. The molecule has 10 atom stereocenters. The fourth-order valence-electron chi connectivity index (χ4n) is 8.28. The Morgan fingerprint density at radius 2 is 1.80 bits per heavy atom. The third-order valence-electron chi connectivity index (χ3n) is 8.21. The summed E-state index contributed by atoms with van der Waals surface area (Å²) in [6.45, 7) is 2.48. The number of hydrogen-bond acceptors (Lipinski definition) is 1. The van der Waals surface area contributed by atoms with Gasteiger partial charge in [0.2, 0.25) is 0 Å². The predicted octanol–water partition coefficient (Wildman–Crippen LogP) is 3.42. The maximum absolute atomic E-state index is 11.8. The Kier molecular flexibility index (Phi) is 1.64. The van der Waals surface area contributed by atoms with Gasteiger partial charge in [0, 0.05) is 10.7 Å². The zero-order chi connectivity index (χ0) is 13.4. The summed E-state index contributed by atoms with van der Waals surface area (Å²) in [5, 5.41) is 11.8. The zero-order valence-corrected chi connectivity index (χ0v) is 13.1. The number of rotatable bonds is 1. The Bertz CT molecular complexity index is 628. The average molecular weight is 331 g/mol. The first-order valence-corrected chi connectivity index (χ1v) is 8.94. The molecule has 6 aliphatic rings. The smallest absolute Gasteiger partial charge is 0.0966 e. The highest BCUT2D eigenvalue weighted by Gasteiger charge is 2.91. The lowest BCUT2D eigenvalue weighted by molar-refractivity contribution is -0.0284. The van der Waals surface area contributed by atoms with Gasteiger partial charge in [-0.05, 0) is 52.9 Å². The molecule has 0 aliphatic heterocycles. The average Bonchev–Trinajstić information content (AvgIpc) is 3.16. The third-order valence-corrected chi connectivity index (χ3v) is 9.81. The summed E-state index contributed by atoms with van der Waals surface area (Å²) in [5.74, 6) is 5.14. The molecule has 1 N–H and O–H groups in total. The lowest BCUT2D eigenvalue weighted by atomic mass is 9.64. The summed E-state index contributed by atoms with van der Waals surface area (Å²) >= 11 is 4.06. The minimum absolute atomic E-state index is 0.336. The molecule has 0 aromatic heterocycles. The van der Waals surface area contributed by atoms with Crippen LogP contribution in [0.1, 0.15) is 18.9 Å². The molecule has 1 nitrogen and oxygen atoms in total. The van der Waals surface area contributed by atoms with Gasteiger partial charge in [-0.1, -0.05) is 53.2 Å². The number of benzene rings is 1. The summed E-state index contributed by atoms with van der Waals surface area (Å²) in [6.07, 6.45) is 1.40. The molecule has 6 aliphatic carbocycles. The Labute approximate surface area is 127 Å². The molecule has 20 heavy (non-hydrogen) atoms. The van der Waals surface area contributed by atoms with Gasteiger partial charge in [0.25, 0.3) is 0 Å². The van der Waals surface area contributed by atoms with E-state index in [1.165, 1.54) is 12.0 Å². The Balaban J connectivity index is 1.65. The molecular formula is C18H19BrO. The van der Waals surface area contributed by atoms with E-state index in [1.54, 1.807) is 0 Å². The lowest BCUT2D eigenvalue weighted by Crippen LogP contribution is -2.38. The molecule has 0 radical (unpaired) electrons. The Morgan fingerprint density at radius 1 is 1.10 bits per heavy atom. The van der Waals surface area contributed by atoms with Gasteiger partial charge in [-0.15, -0.1) is 0 Å². The monoisotopic (exact) mass is 330 g/mol. The molecule has 104 valence electrons. The van der Waals surface area contributed by atoms with E-state index < -0.39 is 5.60 Å². The fourth-order valence-corrected chi connectivity index (χ4v) is 9.61. The van der Waals surface area contributed by atoms with Crippen molar-refractivity contribution in [3.63, 3.8) is 0 Å². The molecule has 6 saturated carbocycles. The van der Waals surface area contributed by atoms with Crippen LogP contribution in [0.25, 0.3) is 0 Å². The number of hydrogen-bond donors (Lipinski definition) is 1. The van der Waals surface area contributed by atoms with Crippen molar-refractivity contribution in [1.82, 2.24) is 0 Å². The topological polar surface area (TPSA) is 20.2 Å². The second-order valence-corrected chi connectivity index (χ2v) is 9.19. The number of alkyl halides is 1. The van der Waals surface area contributed by atoms with Crippen LogP contribution < -0.4 is 0 Å². The normalized spacial score (nSPS) is 67.0. The minimum atomic E-state index is -0.540.